The molecule has 0 spiro atoms. The zero-order valence-electron chi connectivity index (χ0n) is 7.70. The molecular weight excluding hydrogens is 223 g/mol. The molecule has 1 aliphatic rings. The van der Waals surface area contributed by atoms with Crippen LogP contribution in [0.1, 0.15) is 25.8 Å². The Morgan fingerprint density at radius 2 is 2.21 bits per heavy atom. The smallest absolute Gasteiger partial charge is 0.288 e. The van der Waals surface area contributed by atoms with Crippen molar-refractivity contribution in [3.63, 3.8) is 0 Å². The average molecular weight is 233 g/mol. The Morgan fingerprint density at radius 3 is 2.79 bits per heavy atom. The van der Waals surface area contributed by atoms with Gasteiger partial charge in [0.1, 0.15) is 5.15 Å². The standard InChI is InChI=1S/C9H10Cl2N2O/c1-5(6-2-3-6)13-4-7(10)12-8(11)9(13)14/h4-6H,2-3H2,1H3/t5-/m1/s1. The lowest BCUT2D eigenvalue weighted by atomic mass is 10.2. The maximum absolute atomic E-state index is 11.6. The van der Waals surface area contributed by atoms with E-state index in [1.807, 2.05) is 6.92 Å². The van der Waals surface area contributed by atoms with Gasteiger partial charge < -0.3 is 4.57 Å². The molecule has 2 rings (SSSR count). The van der Waals surface area contributed by atoms with Gasteiger partial charge in [-0.2, -0.15) is 0 Å². The Kier molecular flexibility index (Phi) is 2.54. The van der Waals surface area contributed by atoms with E-state index in [0.29, 0.717) is 5.92 Å². The van der Waals surface area contributed by atoms with E-state index in [2.05, 4.69) is 4.98 Å². The second kappa shape index (κ2) is 3.55. The topological polar surface area (TPSA) is 34.9 Å². The first-order valence-electron chi connectivity index (χ1n) is 4.54. The van der Waals surface area contributed by atoms with Gasteiger partial charge in [-0.3, -0.25) is 4.79 Å². The quantitative estimate of drug-likeness (QED) is 0.786. The molecule has 1 fully saturated rings. The van der Waals surface area contributed by atoms with Gasteiger partial charge in [0.2, 0.25) is 0 Å². The van der Waals surface area contributed by atoms with E-state index in [0.717, 1.165) is 0 Å². The lowest BCUT2D eigenvalue weighted by molar-refractivity contribution is 0.469. The van der Waals surface area contributed by atoms with Crippen molar-refractivity contribution < 1.29 is 0 Å². The summed E-state index contributed by atoms with van der Waals surface area (Å²) in [7, 11) is 0. The number of hydrogen-bond donors (Lipinski definition) is 0. The van der Waals surface area contributed by atoms with Gasteiger partial charge in [0.25, 0.3) is 5.56 Å². The molecule has 0 saturated heterocycles. The molecule has 76 valence electrons. The molecule has 14 heavy (non-hydrogen) atoms. The maximum Gasteiger partial charge on any atom is 0.288 e. The number of nitrogens with zero attached hydrogens (tertiary/aromatic N) is 2. The summed E-state index contributed by atoms with van der Waals surface area (Å²) in [5, 5.41) is 0.215. The van der Waals surface area contributed by atoms with Crippen LogP contribution in [0.2, 0.25) is 10.3 Å². The minimum atomic E-state index is -0.254. The van der Waals surface area contributed by atoms with E-state index in [9.17, 15) is 4.79 Å². The van der Waals surface area contributed by atoms with Crippen molar-refractivity contribution >= 4 is 23.2 Å². The Balaban J connectivity index is 2.45. The first-order valence-corrected chi connectivity index (χ1v) is 5.29. The number of halogens is 2. The van der Waals surface area contributed by atoms with Crippen LogP contribution in [0.15, 0.2) is 11.0 Å². The third kappa shape index (κ3) is 1.79. The summed E-state index contributed by atoms with van der Waals surface area (Å²) in [5.74, 6) is 0.585. The molecule has 0 unspecified atom stereocenters. The predicted molar refractivity (Wildman–Crippen MR) is 56.0 cm³/mol. The van der Waals surface area contributed by atoms with Gasteiger partial charge in [-0.15, -0.1) is 0 Å². The fraction of sp³-hybridized carbons (Fsp3) is 0.556. The van der Waals surface area contributed by atoms with E-state index in [4.69, 9.17) is 23.2 Å². The van der Waals surface area contributed by atoms with E-state index >= 15 is 0 Å². The molecule has 1 saturated carbocycles. The normalized spacial score (nSPS) is 18.2. The van der Waals surface area contributed by atoms with Crippen LogP contribution in [0, 0.1) is 5.92 Å². The second-order valence-electron chi connectivity index (χ2n) is 3.64. The highest BCUT2D eigenvalue weighted by molar-refractivity contribution is 6.32. The molecule has 0 aliphatic heterocycles. The van der Waals surface area contributed by atoms with Gasteiger partial charge >= 0.3 is 0 Å². The Bertz CT molecular complexity index is 412. The van der Waals surface area contributed by atoms with Crippen LogP contribution >= 0.6 is 23.2 Å². The summed E-state index contributed by atoms with van der Waals surface area (Å²) in [5.41, 5.74) is -0.254. The fourth-order valence-electron chi connectivity index (χ4n) is 1.56. The van der Waals surface area contributed by atoms with Gasteiger partial charge in [0.15, 0.2) is 5.15 Å². The van der Waals surface area contributed by atoms with Gasteiger partial charge in [0, 0.05) is 12.2 Å². The number of aromatic nitrogens is 2. The minimum absolute atomic E-state index is 0.0509. The van der Waals surface area contributed by atoms with Crippen LogP contribution in [0.5, 0.6) is 0 Å². The summed E-state index contributed by atoms with van der Waals surface area (Å²) in [6.45, 7) is 2.01. The highest BCUT2D eigenvalue weighted by atomic mass is 35.5. The molecule has 1 atom stereocenters. The Morgan fingerprint density at radius 1 is 1.57 bits per heavy atom. The lowest BCUT2D eigenvalue weighted by Crippen LogP contribution is -2.25. The predicted octanol–water partition coefficient (Wildman–Crippen LogP) is 2.52. The van der Waals surface area contributed by atoms with Crippen LogP contribution in [-0.2, 0) is 0 Å². The van der Waals surface area contributed by atoms with E-state index in [1.165, 1.54) is 12.8 Å². The van der Waals surface area contributed by atoms with E-state index in [1.54, 1.807) is 10.8 Å². The number of rotatable bonds is 2. The first-order chi connectivity index (χ1) is 6.59. The molecule has 1 heterocycles. The third-order valence-electron chi connectivity index (χ3n) is 2.60. The van der Waals surface area contributed by atoms with Crippen LogP contribution in [-0.4, -0.2) is 9.55 Å². The van der Waals surface area contributed by atoms with Crippen molar-refractivity contribution in [2.45, 2.75) is 25.8 Å². The minimum Gasteiger partial charge on any atom is -0.307 e. The van der Waals surface area contributed by atoms with Gasteiger partial charge in [-0.25, -0.2) is 4.98 Å². The molecule has 1 aromatic heterocycles. The zero-order chi connectivity index (χ0) is 10.3. The van der Waals surface area contributed by atoms with E-state index in [-0.39, 0.29) is 21.9 Å². The maximum atomic E-state index is 11.6. The summed E-state index contributed by atoms with van der Waals surface area (Å²) < 4.78 is 1.58. The third-order valence-corrected chi connectivity index (χ3v) is 3.03. The Hall–Kier alpha value is -0.540. The molecule has 3 nitrogen and oxygen atoms in total. The van der Waals surface area contributed by atoms with Crippen LogP contribution < -0.4 is 5.56 Å². The largest absolute Gasteiger partial charge is 0.307 e. The fourth-order valence-corrected chi connectivity index (χ4v) is 1.98. The monoisotopic (exact) mass is 232 g/mol. The van der Waals surface area contributed by atoms with Gasteiger partial charge in [0.05, 0.1) is 0 Å². The van der Waals surface area contributed by atoms with Crippen LogP contribution in [0.3, 0.4) is 0 Å². The Labute approximate surface area is 91.7 Å². The molecule has 0 N–H and O–H groups in total. The van der Waals surface area contributed by atoms with Crippen molar-refractivity contribution in [1.82, 2.24) is 9.55 Å². The molecule has 5 heteroatoms. The number of hydrogen-bond acceptors (Lipinski definition) is 2. The van der Waals surface area contributed by atoms with Crippen molar-refractivity contribution in [1.29, 1.82) is 0 Å². The lowest BCUT2D eigenvalue weighted by Gasteiger charge is -2.14. The second-order valence-corrected chi connectivity index (χ2v) is 4.39. The SMILES string of the molecule is C[C@H](C1CC1)n1cc(Cl)nc(Cl)c1=O. The molecule has 0 radical (unpaired) electrons. The average Bonchev–Trinajstić information content (AvgIpc) is 2.93. The van der Waals surface area contributed by atoms with E-state index < -0.39 is 0 Å². The summed E-state index contributed by atoms with van der Waals surface area (Å²) in [4.78, 5) is 15.3. The van der Waals surface area contributed by atoms with Crippen molar-refractivity contribution in [3.05, 3.63) is 26.9 Å². The van der Waals surface area contributed by atoms with Crippen LogP contribution in [0.4, 0.5) is 0 Å². The van der Waals surface area contributed by atoms with Crippen LogP contribution in [0.25, 0.3) is 0 Å². The highest BCUT2D eigenvalue weighted by Gasteiger charge is 2.30. The molecule has 1 aliphatic carbocycles. The summed E-state index contributed by atoms with van der Waals surface area (Å²) in [6.07, 6.45) is 3.90. The van der Waals surface area contributed by atoms with Crippen molar-refractivity contribution in [3.8, 4) is 0 Å². The van der Waals surface area contributed by atoms with Crippen molar-refractivity contribution in [2.75, 3.05) is 0 Å². The highest BCUT2D eigenvalue weighted by Crippen LogP contribution is 2.38. The molecule has 0 aromatic carbocycles. The molecule has 1 aromatic rings. The first kappa shape index (κ1) is 9.99. The van der Waals surface area contributed by atoms with Gasteiger partial charge in [-0.05, 0) is 25.7 Å². The molecule has 0 bridgehead atoms. The molecule has 0 amide bonds. The zero-order valence-corrected chi connectivity index (χ0v) is 9.22. The van der Waals surface area contributed by atoms with Crippen molar-refractivity contribution in [2.24, 2.45) is 5.92 Å². The molecular formula is C9H10Cl2N2O. The summed E-state index contributed by atoms with van der Waals surface area (Å²) in [6, 6.07) is 0.167. The summed E-state index contributed by atoms with van der Waals surface area (Å²) >= 11 is 11.4. The van der Waals surface area contributed by atoms with Gasteiger partial charge in [-0.1, -0.05) is 23.2 Å².